The van der Waals surface area contributed by atoms with E-state index in [2.05, 4.69) is 19.9 Å². The van der Waals surface area contributed by atoms with E-state index in [0.29, 0.717) is 35.3 Å². The number of carbonyl (C=O) groups is 1. The standard InChI is InChI=1S/C28H33F3N4O3/c1-2-11-27(26(36)37)12-7-20(8-13-27)38-21-9-14-35(15-10-21)24-6-3-18(17-32-24)25-33-22-5-4-19(28(29,30)31)16-23(22)34-25/h3-6,16-17,20-21H,2,7-15H2,1H3,(H,33,34)(H,36,37). The number of aromatic nitrogens is 3. The van der Waals surface area contributed by atoms with Crippen LogP contribution in [0.3, 0.4) is 0 Å². The van der Waals surface area contributed by atoms with Crippen molar-refractivity contribution in [1.82, 2.24) is 15.0 Å². The van der Waals surface area contributed by atoms with E-state index < -0.39 is 23.1 Å². The maximum atomic E-state index is 13.0. The van der Waals surface area contributed by atoms with Crippen molar-refractivity contribution in [3.8, 4) is 11.4 Å². The van der Waals surface area contributed by atoms with Gasteiger partial charge in [0.25, 0.3) is 0 Å². The molecule has 38 heavy (non-hydrogen) atoms. The van der Waals surface area contributed by atoms with Crippen molar-refractivity contribution >= 4 is 22.8 Å². The molecule has 0 unspecified atom stereocenters. The number of nitrogens with zero attached hydrogens (tertiary/aromatic N) is 3. The average Bonchev–Trinajstić information content (AvgIpc) is 3.34. The summed E-state index contributed by atoms with van der Waals surface area (Å²) in [6, 6.07) is 7.26. The summed E-state index contributed by atoms with van der Waals surface area (Å²) in [4.78, 5) is 26.0. The first kappa shape index (κ1) is 26.5. The number of H-pyrrole nitrogens is 1. The average molecular weight is 531 g/mol. The van der Waals surface area contributed by atoms with Crippen LogP contribution in [0, 0.1) is 5.41 Å². The number of halogens is 3. The molecule has 1 aliphatic heterocycles. The van der Waals surface area contributed by atoms with E-state index in [1.807, 2.05) is 19.1 Å². The molecule has 3 heterocycles. The molecule has 5 rings (SSSR count). The number of nitrogens with one attached hydrogen (secondary N) is 1. The lowest BCUT2D eigenvalue weighted by Crippen LogP contribution is -2.41. The molecule has 0 atom stereocenters. The number of hydrogen-bond donors (Lipinski definition) is 2. The third-order valence-electron chi connectivity index (χ3n) is 8.05. The van der Waals surface area contributed by atoms with Gasteiger partial charge in [-0.1, -0.05) is 13.3 Å². The van der Waals surface area contributed by atoms with Gasteiger partial charge in [-0.05, 0) is 75.3 Å². The van der Waals surface area contributed by atoms with E-state index in [0.717, 1.165) is 69.6 Å². The number of carboxylic acid groups (broad SMARTS) is 1. The Bertz CT molecular complexity index is 1260. The largest absolute Gasteiger partial charge is 0.481 e. The maximum absolute atomic E-state index is 13.0. The van der Waals surface area contributed by atoms with Crippen molar-refractivity contribution in [3.63, 3.8) is 0 Å². The minimum Gasteiger partial charge on any atom is -0.481 e. The molecule has 0 radical (unpaired) electrons. The van der Waals surface area contributed by atoms with Gasteiger partial charge < -0.3 is 19.7 Å². The molecule has 2 aromatic heterocycles. The predicted octanol–water partition coefficient (Wildman–Crippen LogP) is 6.44. The Labute approximate surface area is 219 Å². The fraction of sp³-hybridized carbons (Fsp3) is 0.536. The second-order valence-electron chi connectivity index (χ2n) is 10.6. The number of fused-ring (bicyclic) bond motifs is 1. The van der Waals surface area contributed by atoms with Crippen LogP contribution in [0.15, 0.2) is 36.5 Å². The van der Waals surface area contributed by atoms with E-state index >= 15 is 0 Å². The number of pyridine rings is 1. The molecule has 2 aliphatic rings. The van der Waals surface area contributed by atoms with Gasteiger partial charge in [0.1, 0.15) is 11.6 Å². The molecular weight excluding hydrogens is 497 g/mol. The molecule has 2 N–H and O–H groups in total. The lowest BCUT2D eigenvalue weighted by Gasteiger charge is -2.39. The van der Waals surface area contributed by atoms with Gasteiger partial charge >= 0.3 is 12.1 Å². The van der Waals surface area contributed by atoms with Crippen molar-refractivity contribution in [2.24, 2.45) is 5.41 Å². The van der Waals surface area contributed by atoms with Gasteiger partial charge in [-0.25, -0.2) is 9.97 Å². The van der Waals surface area contributed by atoms with Crippen LogP contribution in [0.25, 0.3) is 22.4 Å². The number of anilines is 1. The summed E-state index contributed by atoms with van der Waals surface area (Å²) >= 11 is 0. The van der Waals surface area contributed by atoms with Crippen molar-refractivity contribution in [2.45, 2.75) is 76.7 Å². The van der Waals surface area contributed by atoms with Gasteiger partial charge in [0.2, 0.25) is 0 Å². The van der Waals surface area contributed by atoms with Crippen molar-refractivity contribution in [1.29, 1.82) is 0 Å². The molecule has 10 heteroatoms. The van der Waals surface area contributed by atoms with Crippen molar-refractivity contribution in [3.05, 3.63) is 42.1 Å². The molecule has 0 bridgehead atoms. The predicted molar refractivity (Wildman–Crippen MR) is 138 cm³/mol. The highest BCUT2D eigenvalue weighted by Gasteiger charge is 2.42. The minimum absolute atomic E-state index is 0.129. The highest BCUT2D eigenvalue weighted by Crippen LogP contribution is 2.42. The van der Waals surface area contributed by atoms with Crippen LogP contribution in [0.2, 0.25) is 0 Å². The minimum atomic E-state index is -4.40. The Morgan fingerprint density at radius 2 is 1.84 bits per heavy atom. The van der Waals surface area contributed by atoms with Crippen molar-refractivity contribution in [2.75, 3.05) is 18.0 Å². The Morgan fingerprint density at radius 1 is 1.13 bits per heavy atom. The van der Waals surface area contributed by atoms with Gasteiger partial charge in [0, 0.05) is 24.8 Å². The van der Waals surface area contributed by atoms with Gasteiger partial charge in [0.15, 0.2) is 0 Å². The second kappa shape index (κ2) is 10.6. The number of carboxylic acids is 1. The number of aromatic amines is 1. The topological polar surface area (TPSA) is 91.3 Å². The van der Waals surface area contributed by atoms with E-state index in [4.69, 9.17) is 4.74 Å². The summed E-state index contributed by atoms with van der Waals surface area (Å²) in [6.07, 6.45) is 3.92. The number of piperidine rings is 1. The molecule has 2 fully saturated rings. The molecular formula is C28H33F3N4O3. The zero-order valence-electron chi connectivity index (χ0n) is 21.4. The number of aliphatic carboxylic acids is 1. The quantitative estimate of drug-likeness (QED) is 0.365. The number of alkyl halides is 3. The first-order valence-electron chi connectivity index (χ1n) is 13.3. The Morgan fingerprint density at radius 3 is 2.45 bits per heavy atom. The molecule has 204 valence electrons. The Hall–Kier alpha value is -3.14. The van der Waals surface area contributed by atoms with Crippen LogP contribution in [-0.2, 0) is 15.7 Å². The van der Waals surface area contributed by atoms with Crippen LogP contribution < -0.4 is 4.90 Å². The number of hydrogen-bond acceptors (Lipinski definition) is 5. The fourth-order valence-electron chi connectivity index (χ4n) is 5.86. The van der Waals surface area contributed by atoms with Crippen LogP contribution in [-0.4, -0.2) is 51.3 Å². The van der Waals surface area contributed by atoms with Gasteiger partial charge in [-0.3, -0.25) is 4.79 Å². The fourth-order valence-corrected chi connectivity index (χ4v) is 5.86. The first-order valence-corrected chi connectivity index (χ1v) is 13.3. The summed E-state index contributed by atoms with van der Waals surface area (Å²) < 4.78 is 45.4. The van der Waals surface area contributed by atoms with E-state index in [1.165, 1.54) is 6.07 Å². The lowest BCUT2D eigenvalue weighted by molar-refractivity contribution is -0.154. The summed E-state index contributed by atoms with van der Waals surface area (Å²) in [6.45, 7) is 3.66. The number of imidazole rings is 1. The molecule has 0 amide bonds. The molecule has 1 saturated carbocycles. The number of ether oxygens (including phenoxy) is 1. The third-order valence-corrected chi connectivity index (χ3v) is 8.05. The highest BCUT2D eigenvalue weighted by atomic mass is 19.4. The van der Waals surface area contributed by atoms with Gasteiger partial charge in [0.05, 0.1) is 34.2 Å². The SMILES string of the molecule is CCCC1(C(=O)O)CCC(OC2CCN(c3ccc(-c4nc5ccc(C(F)(F)F)cc5[nH]4)cn3)CC2)CC1. The molecule has 3 aromatic rings. The summed E-state index contributed by atoms with van der Waals surface area (Å²) in [5.41, 5.74) is 0.211. The normalized spacial score (nSPS) is 23.2. The summed E-state index contributed by atoms with van der Waals surface area (Å²) in [7, 11) is 0. The number of benzene rings is 1. The molecule has 7 nitrogen and oxygen atoms in total. The van der Waals surface area contributed by atoms with E-state index in [1.54, 1.807) is 6.20 Å². The maximum Gasteiger partial charge on any atom is 0.416 e. The monoisotopic (exact) mass is 530 g/mol. The second-order valence-corrected chi connectivity index (χ2v) is 10.6. The van der Waals surface area contributed by atoms with Crippen LogP contribution in [0.4, 0.5) is 19.0 Å². The zero-order chi connectivity index (χ0) is 26.9. The Kier molecular flexibility index (Phi) is 7.35. The first-order chi connectivity index (χ1) is 18.2. The molecule has 1 aliphatic carbocycles. The highest BCUT2D eigenvalue weighted by molar-refractivity contribution is 5.80. The summed E-state index contributed by atoms with van der Waals surface area (Å²) in [5.74, 6) is 0.649. The smallest absolute Gasteiger partial charge is 0.416 e. The van der Waals surface area contributed by atoms with E-state index in [9.17, 15) is 23.1 Å². The Balaban J connectivity index is 1.15. The van der Waals surface area contributed by atoms with Crippen molar-refractivity contribution < 1.29 is 27.8 Å². The number of rotatable bonds is 7. The van der Waals surface area contributed by atoms with Crippen LogP contribution in [0.5, 0.6) is 0 Å². The summed E-state index contributed by atoms with van der Waals surface area (Å²) in [5, 5.41) is 9.72. The van der Waals surface area contributed by atoms with Gasteiger partial charge in [-0.15, -0.1) is 0 Å². The third kappa shape index (κ3) is 5.50. The molecule has 0 spiro atoms. The van der Waals surface area contributed by atoms with Crippen LogP contribution >= 0.6 is 0 Å². The molecule has 1 aromatic carbocycles. The zero-order valence-corrected chi connectivity index (χ0v) is 21.4. The lowest BCUT2D eigenvalue weighted by atomic mass is 9.70. The molecule has 1 saturated heterocycles. The van der Waals surface area contributed by atoms with E-state index in [-0.39, 0.29) is 12.2 Å². The van der Waals surface area contributed by atoms with Crippen LogP contribution in [0.1, 0.15) is 63.9 Å². The van der Waals surface area contributed by atoms with Gasteiger partial charge in [-0.2, -0.15) is 13.2 Å².